The molecule has 0 radical (unpaired) electrons. The van der Waals surface area contributed by atoms with E-state index in [1.807, 2.05) is 30.3 Å². The van der Waals surface area contributed by atoms with Crippen LogP contribution in [0, 0.1) is 0 Å². The van der Waals surface area contributed by atoms with E-state index in [9.17, 15) is 13.2 Å². The minimum absolute atomic E-state index is 0. The third-order valence-electron chi connectivity index (χ3n) is 5.94. The van der Waals surface area contributed by atoms with Crippen molar-refractivity contribution in [3.8, 4) is 5.75 Å². The fraction of sp³-hybridized carbons (Fsp3) is 0.240. The first kappa shape index (κ1) is 25.2. The van der Waals surface area contributed by atoms with E-state index >= 15 is 0 Å². The van der Waals surface area contributed by atoms with Crippen molar-refractivity contribution in [3.05, 3.63) is 82.9 Å². The summed E-state index contributed by atoms with van der Waals surface area (Å²) in [5.74, 6) is 0.821. The zero-order chi connectivity index (χ0) is 23.7. The second kappa shape index (κ2) is 10.4. The van der Waals surface area contributed by atoms with E-state index < -0.39 is 6.36 Å². The number of piperazine rings is 1. The van der Waals surface area contributed by atoms with Gasteiger partial charge < -0.3 is 22.5 Å². The Morgan fingerprint density at radius 3 is 2.31 bits per heavy atom. The second-order valence-corrected chi connectivity index (χ2v) is 8.73. The van der Waals surface area contributed by atoms with Crippen molar-refractivity contribution in [1.29, 1.82) is 0 Å². The fourth-order valence-electron chi connectivity index (χ4n) is 4.30. The smallest absolute Gasteiger partial charge is 0.573 e. The van der Waals surface area contributed by atoms with Gasteiger partial charge in [0.15, 0.2) is 0 Å². The fourth-order valence-corrected chi connectivity index (χ4v) is 4.47. The number of para-hydroxylation sites is 1. The average molecular weight is 523 g/mol. The van der Waals surface area contributed by atoms with E-state index in [1.165, 1.54) is 12.1 Å². The number of halogens is 5. The van der Waals surface area contributed by atoms with E-state index in [0.717, 1.165) is 60.2 Å². The Labute approximate surface area is 212 Å². The Kier molecular flexibility index (Phi) is 7.44. The standard InChI is InChI=1S/C25H22ClF3N4O.ClH/c26-18-7-10-22-23(15-18)31-24(20-3-1-2-4-21(20)30-22)33-13-11-32(12-14-33)16-17-5-8-19(9-6-17)34-25(27,28)29;/h1-10,15H,11-14,16H2,(H,30,31);1H. The van der Waals surface area contributed by atoms with Crippen LogP contribution in [0.15, 0.2) is 66.7 Å². The van der Waals surface area contributed by atoms with Crippen molar-refractivity contribution >= 4 is 34.5 Å². The van der Waals surface area contributed by atoms with Gasteiger partial charge in [0, 0.05) is 30.7 Å². The average Bonchev–Trinajstić information content (AvgIpc) is 2.96. The lowest BCUT2D eigenvalue weighted by Crippen LogP contribution is -3.00. The molecule has 2 aliphatic rings. The molecular formula is C25H23Cl2F3N4O. The molecule has 1 saturated heterocycles. The lowest BCUT2D eigenvalue weighted by molar-refractivity contribution is -0.539. The van der Waals surface area contributed by atoms with Crippen LogP contribution in [-0.4, -0.2) is 47.9 Å². The number of fused-ring (bicyclic) bond motifs is 2. The summed E-state index contributed by atoms with van der Waals surface area (Å²) >= 11 is 6.25. The lowest BCUT2D eigenvalue weighted by Gasteiger charge is -2.28. The first-order chi connectivity index (χ1) is 16.3. The molecule has 10 heteroatoms. The summed E-state index contributed by atoms with van der Waals surface area (Å²) < 4.78 is 43.4. The maximum Gasteiger partial charge on any atom is 0.573 e. The molecule has 3 aromatic rings. The number of alkyl halides is 3. The molecule has 1 fully saturated rings. The molecule has 0 bridgehead atoms. The van der Waals surface area contributed by atoms with Crippen LogP contribution in [0.1, 0.15) is 11.1 Å². The van der Waals surface area contributed by atoms with E-state index in [0.29, 0.717) is 11.6 Å². The van der Waals surface area contributed by atoms with Crippen molar-refractivity contribution in [2.75, 3.05) is 36.8 Å². The van der Waals surface area contributed by atoms with Crippen molar-refractivity contribution in [2.45, 2.75) is 12.9 Å². The van der Waals surface area contributed by atoms with Gasteiger partial charge in [0.05, 0.1) is 30.0 Å². The maximum atomic E-state index is 12.4. The first-order valence-electron chi connectivity index (χ1n) is 11.0. The highest BCUT2D eigenvalue weighted by Gasteiger charge is 2.31. The van der Waals surface area contributed by atoms with Gasteiger partial charge in [0.1, 0.15) is 11.4 Å². The quantitative estimate of drug-likeness (QED) is 0.519. The third kappa shape index (κ3) is 6.01. The molecule has 0 unspecified atom stereocenters. The van der Waals surface area contributed by atoms with Crippen molar-refractivity contribution in [3.63, 3.8) is 0 Å². The van der Waals surface area contributed by atoms with Gasteiger partial charge in [0.25, 0.3) is 5.84 Å². The summed E-state index contributed by atoms with van der Waals surface area (Å²) in [6.45, 7) is 3.93. The summed E-state index contributed by atoms with van der Waals surface area (Å²) in [5, 5.41) is 7.75. The molecule has 5 nitrogen and oxygen atoms in total. The molecule has 2 heterocycles. The van der Waals surface area contributed by atoms with Crippen LogP contribution in [-0.2, 0) is 6.54 Å². The number of hydrogen-bond donors (Lipinski definition) is 2. The number of rotatable bonds is 3. The summed E-state index contributed by atoms with van der Waals surface area (Å²) in [4.78, 5) is 2.29. The molecule has 2 aliphatic heterocycles. The second-order valence-electron chi connectivity index (χ2n) is 8.29. The minimum Gasteiger partial charge on any atom is -1.00 e. The normalized spacial score (nSPS) is 15.7. The van der Waals surface area contributed by atoms with Crippen LogP contribution >= 0.6 is 11.6 Å². The summed E-state index contributed by atoms with van der Waals surface area (Å²) in [7, 11) is 0. The van der Waals surface area contributed by atoms with Gasteiger partial charge in [-0.25, -0.2) is 5.32 Å². The topological polar surface area (TPSA) is 39.5 Å². The van der Waals surface area contributed by atoms with Gasteiger partial charge in [-0.1, -0.05) is 35.9 Å². The molecule has 0 atom stereocenters. The zero-order valence-corrected chi connectivity index (χ0v) is 20.1. The van der Waals surface area contributed by atoms with Gasteiger partial charge in [-0.3, -0.25) is 9.48 Å². The van der Waals surface area contributed by atoms with Gasteiger partial charge in [-0.2, -0.15) is 0 Å². The predicted molar refractivity (Wildman–Crippen MR) is 127 cm³/mol. The number of benzene rings is 3. The third-order valence-corrected chi connectivity index (χ3v) is 6.17. The molecule has 5 rings (SSSR count). The van der Waals surface area contributed by atoms with Crippen molar-refractivity contribution < 1.29 is 34.9 Å². The number of hydrogen-bond acceptors (Lipinski definition) is 3. The number of amidine groups is 1. The first-order valence-corrected chi connectivity index (χ1v) is 11.3. The molecule has 0 spiro atoms. The Morgan fingerprint density at radius 1 is 0.886 bits per heavy atom. The SMILES string of the molecule is FC(F)(F)Oc1ccc(CN2CC[N+](=C3Nc4cc(Cl)ccc4Nc4ccccc43)CC2)cc1.[Cl-]. The van der Waals surface area contributed by atoms with Gasteiger partial charge in [-0.15, -0.1) is 13.2 Å². The molecule has 35 heavy (non-hydrogen) atoms. The number of anilines is 3. The Morgan fingerprint density at radius 2 is 1.60 bits per heavy atom. The molecule has 3 aromatic carbocycles. The van der Waals surface area contributed by atoms with Crippen molar-refractivity contribution in [2.24, 2.45) is 0 Å². The van der Waals surface area contributed by atoms with Gasteiger partial charge in [0.2, 0.25) is 0 Å². The zero-order valence-electron chi connectivity index (χ0n) is 18.6. The van der Waals surface area contributed by atoms with E-state index in [4.69, 9.17) is 11.6 Å². The maximum absolute atomic E-state index is 12.4. The molecule has 0 aliphatic carbocycles. The van der Waals surface area contributed by atoms with Crippen LogP contribution in [0.5, 0.6) is 5.75 Å². The molecule has 0 aromatic heterocycles. The largest absolute Gasteiger partial charge is 1.00 e. The van der Waals surface area contributed by atoms with Crippen molar-refractivity contribution in [1.82, 2.24) is 4.90 Å². The summed E-state index contributed by atoms with van der Waals surface area (Å²) in [5.41, 5.74) is 4.94. The van der Waals surface area contributed by atoms with Crippen LogP contribution in [0.25, 0.3) is 0 Å². The highest BCUT2D eigenvalue weighted by atomic mass is 35.5. The summed E-state index contributed by atoms with van der Waals surface area (Å²) in [6.07, 6.45) is -4.68. The summed E-state index contributed by atoms with van der Waals surface area (Å²) in [6, 6.07) is 20.0. The van der Waals surface area contributed by atoms with E-state index in [2.05, 4.69) is 37.0 Å². The van der Waals surface area contributed by atoms with Crippen LogP contribution in [0.2, 0.25) is 5.02 Å². The van der Waals surface area contributed by atoms with Gasteiger partial charge in [-0.05, 0) is 42.0 Å². The predicted octanol–water partition coefficient (Wildman–Crippen LogP) is 2.69. The molecule has 0 saturated carbocycles. The Hall–Kier alpha value is -2.94. The lowest BCUT2D eigenvalue weighted by atomic mass is 10.1. The number of nitrogens with zero attached hydrogens (tertiary/aromatic N) is 2. The van der Waals surface area contributed by atoms with E-state index in [1.54, 1.807) is 12.1 Å². The van der Waals surface area contributed by atoms with Gasteiger partial charge >= 0.3 is 6.36 Å². The highest BCUT2D eigenvalue weighted by molar-refractivity contribution is 6.31. The number of nitrogens with one attached hydrogen (secondary N) is 2. The Balaban J connectivity index is 0.00000289. The monoisotopic (exact) mass is 522 g/mol. The van der Waals surface area contributed by atoms with Crippen LogP contribution < -0.4 is 27.8 Å². The molecular weight excluding hydrogens is 500 g/mol. The molecule has 2 N–H and O–H groups in total. The molecule has 184 valence electrons. The number of ether oxygens (including phenoxy) is 1. The highest BCUT2D eigenvalue weighted by Crippen LogP contribution is 2.34. The van der Waals surface area contributed by atoms with Crippen LogP contribution in [0.4, 0.5) is 30.2 Å². The minimum atomic E-state index is -4.68. The Bertz CT molecular complexity index is 1220. The molecule has 0 amide bonds. The van der Waals surface area contributed by atoms with Crippen LogP contribution in [0.3, 0.4) is 0 Å². The van der Waals surface area contributed by atoms with E-state index in [-0.39, 0.29) is 18.2 Å².